The Hall–Kier alpha value is -2.49. The molecule has 0 aliphatic heterocycles. The van der Waals surface area contributed by atoms with Gasteiger partial charge in [0.15, 0.2) is 11.7 Å². The molecule has 1 amide bonds. The van der Waals surface area contributed by atoms with Crippen molar-refractivity contribution in [3.63, 3.8) is 0 Å². The third kappa shape index (κ3) is 5.99. The van der Waals surface area contributed by atoms with E-state index in [1.165, 1.54) is 6.26 Å². The highest BCUT2D eigenvalue weighted by atomic mass is 127. The van der Waals surface area contributed by atoms with Crippen LogP contribution in [0.25, 0.3) is 11.0 Å². The van der Waals surface area contributed by atoms with Crippen LogP contribution in [-0.4, -0.2) is 44.0 Å². The molecule has 2 heterocycles. The number of nitrogens with zero attached hydrogens (tertiary/aromatic N) is 2. The molecular formula is C21H27IN4O3. The Kier molecular flexibility index (Phi) is 8.56. The quantitative estimate of drug-likeness (QED) is 0.219. The van der Waals surface area contributed by atoms with Gasteiger partial charge in [-0.15, -0.1) is 24.0 Å². The van der Waals surface area contributed by atoms with Crippen LogP contribution in [-0.2, 0) is 6.54 Å². The summed E-state index contributed by atoms with van der Waals surface area (Å²) < 4.78 is 11.1. The molecule has 0 saturated carbocycles. The Labute approximate surface area is 187 Å². The second-order valence-corrected chi connectivity index (χ2v) is 6.62. The molecule has 0 aliphatic carbocycles. The van der Waals surface area contributed by atoms with E-state index in [-0.39, 0.29) is 29.9 Å². The fourth-order valence-corrected chi connectivity index (χ4v) is 2.98. The number of para-hydroxylation sites is 1. The standard InChI is InChI=1S/C21H26N4O3.HI/c1-15-9-12-27-19(15)20(26)23-10-6-11-24-21(22-2)25(3)14-17-13-16-7-4-5-8-18(16)28-17;/h4-5,7-9,12-13H,6,10-11,14H2,1-3H3,(H,22,24)(H,23,26);1H. The number of guanidine groups is 1. The van der Waals surface area contributed by atoms with Crippen molar-refractivity contribution in [1.29, 1.82) is 0 Å². The van der Waals surface area contributed by atoms with E-state index in [1.807, 2.05) is 49.2 Å². The molecule has 7 nitrogen and oxygen atoms in total. The van der Waals surface area contributed by atoms with Crippen LogP contribution in [0, 0.1) is 6.92 Å². The van der Waals surface area contributed by atoms with E-state index < -0.39 is 0 Å². The molecule has 3 aromatic rings. The van der Waals surface area contributed by atoms with Crippen molar-refractivity contribution in [2.75, 3.05) is 27.2 Å². The number of amides is 1. The van der Waals surface area contributed by atoms with Gasteiger partial charge < -0.3 is 24.4 Å². The van der Waals surface area contributed by atoms with Crippen molar-refractivity contribution in [1.82, 2.24) is 15.5 Å². The van der Waals surface area contributed by atoms with Crippen LogP contribution in [0.5, 0.6) is 0 Å². The van der Waals surface area contributed by atoms with Crippen LogP contribution in [0.2, 0.25) is 0 Å². The summed E-state index contributed by atoms with van der Waals surface area (Å²) >= 11 is 0. The SMILES string of the molecule is CN=C(NCCCNC(=O)c1occc1C)N(C)Cc1cc2ccccc2o1.I. The predicted molar refractivity (Wildman–Crippen MR) is 125 cm³/mol. The van der Waals surface area contributed by atoms with Crippen LogP contribution < -0.4 is 10.6 Å². The number of benzene rings is 1. The van der Waals surface area contributed by atoms with Gasteiger partial charge in [0.25, 0.3) is 5.91 Å². The smallest absolute Gasteiger partial charge is 0.287 e. The Morgan fingerprint density at radius 1 is 1.17 bits per heavy atom. The number of hydrogen-bond donors (Lipinski definition) is 2. The lowest BCUT2D eigenvalue weighted by Crippen LogP contribution is -2.39. The van der Waals surface area contributed by atoms with E-state index in [4.69, 9.17) is 8.83 Å². The van der Waals surface area contributed by atoms with Crippen molar-refractivity contribution in [3.8, 4) is 0 Å². The van der Waals surface area contributed by atoms with Crippen molar-refractivity contribution in [2.24, 2.45) is 4.99 Å². The number of rotatable bonds is 7. The zero-order valence-electron chi connectivity index (χ0n) is 16.9. The number of nitrogens with one attached hydrogen (secondary N) is 2. The Bertz CT molecular complexity index is 931. The lowest BCUT2D eigenvalue weighted by molar-refractivity contribution is 0.0925. The lowest BCUT2D eigenvalue weighted by atomic mass is 10.2. The molecule has 2 N–H and O–H groups in total. The summed E-state index contributed by atoms with van der Waals surface area (Å²) in [5, 5.41) is 7.26. The van der Waals surface area contributed by atoms with E-state index in [9.17, 15) is 4.79 Å². The number of fused-ring (bicyclic) bond motifs is 1. The molecule has 29 heavy (non-hydrogen) atoms. The minimum atomic E-state index is -0.186. The molecule has 0 aliphatic rings. The molecule has 0 fully saturated rings. The van der Waals surface area contributed by atoms with Crippen LogP contribution >= 0.6 is 24.0 Å². The highest BCUT2D eigenvalue weighted by Crippen LogP contribution is 2.19. The second-order valence-electron chi connectivity index (χ2n) is 6.62. The Morgan fingerprint density at radius 2 is 1.93 bits per heavy atom. The number of carbonyl (C=O) groups excluding carboxylic acids is 1. The molecule has 1 aromatic carbocycles. The van der Waals surface area contributed by atoms with Crippen LogP contribution in [0.4, 0.5) is 0 Å². The summed E-state index contributed by atoms with van der Waals surface area (Å²) in [5.41, 5.74) is 1.72. The van der Waals surface area contributed by atoms with E-state index in [0.717, 1.165) is 34.7 Å². The van der Waals surface area contributed by atoms with Gasteiger partial charge in [-0.25, -0.2) is 0 Å². The van der Waals surface area contributed by atoms with Gasteiger partial charge in [-0.3, -0.25) is 9.79 Å². The van der Waals surface area contributed by atoms with Gasteiger partial charge in [-0.2, -0.15) is 0 Å². The van der Waals surface area contributed by atoms with E-state index in [0.29, 0.717) is 25.4 Å². The first-order valence-corrected chi connectivity index (χ1v) is 9.30. The minimum absolute atomic E-state index is 0. The minimum Gasteiger partial charge on any atom is -0.459 e. The maximum Gasteiger partial charge on any atom is 0.287 e. The first-order chi connectivity index (χ1) is 13.6. The molecule has 0 radical (unpaired) electrons. The highest BCUT2D eigenvalue weighted by molar-refractivity contribution is 14.0. The average molecular weight is 510 g/mol. The zero-order valence-corrected chi connectivity index (χ0v) is 19.2. The van der Waals surface area contributed by atoms with Crippen LogP contribution in [0.1, 0.15) is 28.3 Å². The topological polar surface area (TPSA) is 83.0 Å². The third-order valence-corrected chi connectivity index (χ3v) is 4.43. The van der Waals surface area contributed by atoms with E-state index in [2.05, 4.69) is 15.6 Å². The number of carbonyl (C=O) groups is 1. The van der Waals surface area contributed by atoms with Gasteiger partial charge in [0.1, 0.15) is 11.3 Å². The summed E-state index contributed by atoms with van der Waals surface area (Å²) in [6.45, 7) is 3.70. The number of halogens is 1. The fraction of sp³-hybridized carbons (Fsp3) is 0.333. The first-order valence-electron chi connectivity index (χ1n) is 9.30. The van der Waals surface area contributed by atoms with Crippen molar-refractivity contribution < 1.29 is 13.6 Å². The predicted octanol–water partition coefficient (Wildman–Crippen LogP) is 3.78. The zero-order chi connectivity index (χ0) is 19.9. The molecule has 0 spiro atoms. The molecule has 0 bridgehead atoms. The molecule has 2 aromatic heterocycles. The van der Waals surface area contributed by atoms with Crippen LogP contribution in [0.3, 0.4) is 0 Å². The molecule has 0 saturated heterocycles. The number of hydrogen-bond acceptors (Lipinski definition) is 4. The summed E-state index contributed by atoms with van der Waals surface area (Å²) in [6.07, 6.45) is 2.29. The summed E-state index contributed by atoms with van der Waals surface area (Å²) in [7, 11) is 3.71. The largest absolute Gasteiger partial charge is 0.459 e. The van der Waals surface area contributed by atoms with Crippen molar-refractivity contribution in [3.05, 3.63) is 59.7 Å². The summed E-state index contributed by atoms with van der Waals surface area (Å²) in [4.78, 5) is 18.3. The average Bonchev–Trinajstić information content (AvgIpc) is 3.29. The number of aryl methyl sites for hydroxylation is 1. The van der Waals surface area contributed by atoms with Gasteiger partial charge in [-0.05, 0) is 31.5 Å². The molecule has 156 valence electrons. The molecule has 0 atom stereocenters. The molecule has 0 unspecified atom stereocenters. The Morgan fingerprint density at radius 3 is 2.62 bits per heavy atom. The maximum atomic E-state index is 12.0. The van der Waals surface area contributed by atoms with Crippen molar-refractivity contribution >= 4 is 46.8 Å². The van der Waals surface area contributed by atoms with Gasteiger partial charge in [0, 0.05) is 38.1 Å². The van der Waals surface area contributed by atoms with Crippen molar-refractivity contribution in [2.45, 2.75) is 19.9 Å². The van der Waals surface area contributed by atoms with Gasteiger partial charge in [0.05, 0.1) is 12.8 Å². The summed E-state index contributed by atoms with van der Waals surface area (Å²) in [5.74, 6) is 1.84. The molecule has 3 rings (SSSR count). The number of furan rings is 2. The lowest BCUT2D eigenvalue weighted by Gasteiger charge is -2.21. The van der Waals surface area contributed by atoms with E-state index in [1.54, 1.807) is 13.1 Å². The molecule has 8 heteroatoms. The third-order valence-electron chi connectivity index (χ3n) is 4.43. The first kappa shape index (κ1) is 22.8. The Balaban J connectivity index is 0.00000300. The van der Waals surface area contributed by atoms with E-state index >= 15 is 0 Å². The monoisotopic (exact) mass is 510 g/mol. The van der Waals surface area contributed by atoms with Gasteiger partial charge in [-0.1, -0.05) is 18.2 Å². The maximum absolute atomic E-state index is 12.0. The normalized spacial score (nSPS) is 11.2. The number of aliphatic imine (C=N–C) groups is 1. The van der Waals surface area contributed by atoms with Gasteiger partial charge in [0.2, 0.25) is 0 Å². The van der Waals surface area contributed by atoms with Gasteiger partial charge >= 0.3 is 0 Å². The summed E-state index contributed by atoms with van der Waals surface area (Å²) in [6, 6.07) is 11.8. The fourth-order valence-electron chi connectivity index (χ4n) is 2.98. The highest BCUT2D eigenvalue weighted by Gasteiger charge is 2.12. The second kappa shape index (κ2) is 10.9. The molecular weight excluding hydrogens is 483 g/mol. The van der Waals surface area contributed by atoms with Crippen LogP contribution in [0.15, 0.2) is 56.5 Å².